The quantitative estimate of drug-likeness (QED) is 0.271. The second-order valence-corrected chi connectivity index (χ2v) is 6.59. The smallest absolute Gasteiger partial charge is 0.728 e. The molecule has 0 bridgehead atoms. The predicted octanol–water partition coefficient (Wildman–Crippen LogP) is 1.31. The summed E-state index contributed by atoms with van der Waals surface area (Å²) in [5, 5.41) is 6.06. The van der Waals surface area contributed by atoms with E-state index in [1.54, 1.807) is 12.1 Å². The van der Waals surface area contributed by atoms with E-state index >= 15 is 0 Å². The van der Waals surface area contributed by atoms with Crippen molar-refractivity contribution in [1.82, 2.24) is 0 Å². The predicted molar refractivity (Wildman–Crippen MR) is 91.9 cm³/mol. The number of carbonyl (C=O) groups excluding carboxylic acids is 1. The molecule has 134 valence electrons. The van der Waals surface area contributed by atoms with E-state index in [0.29, 0.717) is 12.1 Å². The summed E-state index contributed by atoms with van der Waals surface area (Å²) in [5.41, 5.74) is 0.811. The van der Waals surface area contributed by atoms with Crippen molar-refractivity contribution >= 4 is 27.6 Å². The molecule has 1 aromatic carbocycles. The van der Waals surface area contributed by atoms with E-state index in [0.717, 1.165) is 19.3 Å². The molecule has 0 aliphatic rings. The van der Waals surface area contributed by atoms with Crippen LogP contribution in [0.5, 0.6) is 0 Å². The van der Waals surface area contributed by atoms with Gasteiger partial charge >= 0.3 is 29.6 Å². The molecule has 0 fully saturated rings. The Morgan fingerprint density at radius 3 is 2.16 bits per heavy atom. The van der Waals surface area contributed by atoms with Gasteiger partial charge in [-0.2, -0.15) is 0 Å². The van der Waals surface area contributed by atoms with Crippen LogP contribution in [0.4, 0.5) is 11.4 Å². The zero-order valence-electron chi connectivity index (χ0n) is 14.9. The van der Waals surface area contributed by atoms with Gasteiger partial charge in [0.1, 0.15) is 0 Å². The van der Waals surface area contributed by atoms with Crippen LogP contribution in [0.2, 0.25) is 0 Å². The van der Waals surface area contributed by atoms with Crippen molar-refractivity contribution in [1.29, 1.82) is 0 Å². The van der Waals surface area contributed by atoms with E-state index in [1.807, 2.05) is 0 Å². The van der Waals surface area contributed by atoms with Gasteiger partial charge in [-0.25, -0.2) is 8.42 Å². The van der Waals surface area contributed by atoms with Crippen molar-refractivity contribution in [2.75, 3.05) is 5.32 Å². The summed E-state index contributed by atoms with van der Waals surface area (Å²) in [4.78, 5) is 11.8. The van der Waals surface area contributed by atoms with Gasteiger partial charge in [-0.05, 0) is 30.7 Å². The number of anilines is 1. The normalized spacial score (nSPS) is 11.3. The summed E-state index contributed by atoms with van der Waals surface area (Å²) in [6, 6.07) is 6.10. The molecular formula is C16H24N3NaO4S. The molecule has 1 amide bonds. The zero-order chi connectivity index (χ0) is 17.8. The number of benzene rings is 1. The number of unbranched alkanes of at least 4 members (excludes halogenated alkanes) is 6. The Balaban J connectivity index is 0.00000576. The number of hydrogen-bond donors (Lipinski definition) is 1. The Morgan fingerprint density at radius 2 is 1.60 bits per heavy atom. The molecular weight excluding hydrogens is 353 g/mol. The Morgan fingerprint density at radius 1 is 1.04 bits per heavy atom. The molecule has 9 heteroatoms. The Kier molecular flexibility index (Phi) is 13.0. The fourth-order valence-corrected chi connectivity index (χ4v) is 2.37. The van der Waals surface area contributed by atoms with Crippen molar-refractivity contribution in [2.45, 2.75) is 58.3 Å². The second kappa shape index (κ2) is 13.4. The van der Waals surface area contributed by atoms with Crippen LogP contribution in [0.15, 0.2) is 33.9 Å². The second-order valence-electron chi connectivity index (χ2n) is 5.58. The minimum absolute atomic E-state index is 0. The summed E-state index contributed by atoms with van der Waals surface area (Å²) in [6.45, 7) is 2.19. The maximum Gasteiger partial charge on any atom is 1.00 e. The molecule has 0 aliphatic heterocycles. The van der Waals surface area contributed by atoms with E-state index in [2.05, 4.69) is 21.9 Å². The van der Waals surface area contributed by atoms with Crippen LogP contribution in [0, 0.1) is 0 Å². The molecule has 0 radical (unpaired) electrons. The van der Waals surface area contributed by atoms with Crippen LogP contribution in [0.3, 0.4) is 0 Å². The third-order valence-corrected chi connectivity index (χ3v) is 3.70. The molecule has 1 rings (SSSR count). The van der Waals surface area contributed by atoms with E-state index < -0.39 is 10.3 Å². The Labute approximate surface area is 171 Å². The average molecular weight is 377 g/mol. The minimum Gasteiger partial charge on any atom is -0.728 e. The summed E-state index contributed by atoms with van der Waals surface area (Å²) in [6.07, 6.45) is 8.56. The first-order chi connectivity index (χ1) is 11.4. The number of hydrogen-bond acceptors (Lipinski definition) is 5. The third-order valence-electron chi connectivity index (χ3n) is 3.41. The van der Waals surface area contributed by atoms with Crippen LogP contribution in [0.25, 0.3) is 0 Å². The summed E-state index contributed by atoms with van der Waals surface area (Å²) < 4.78 is 33.7. The minimum atomic E-state index is -4.73. The summed E-state index contributed by atoms with van der Waals surface area (Å²) in [5.74, 6) is -0.0555. The standard InChI is InChI=1S/C16H25N3O4S.Na/c1-2-3-4-5-6-7-8-9-16(20)17-14-10-12-15(13-11-14)18-19-24(21,22)23;/h10-13H,2-9H2,1H3,(H,17,20)(H,21,22,23);/q;+1/p-1. The third kappa shape index (κ3) is 13.1. The first kappa shape index (κ1) is 24.2. The van der Waals surface area contributed by atoms with Crippen molar-refractivity contribution < 1.29 is 47.3 Å². The number of amides is 1. The SMILES string of the molecule is CCCCCCCCCC(=O)Nc1ccc(N=NS(=O)(=O)[O-])cc1.[Na+]. The van der Waals surface area contributed by atoms with Crippen molar-refractivity contribution in [3.8, 4) is 0 Å². The summed E-state index contributed by atoms with van der Waals surface area (Å²) in [7, 11) is -4.73. The molecule has 0 saturated carbocycles. The molecule has 0 saturated heterocycles. The maximum atomic E-state index is 11.8. The van der Waals surface area contributed by atoms with Crippen molar-refractivity contribution in [3.05, 3.63) is 24.3 Å². The van der Waals surface area contributed by atoms with Gasteiger partial charge in [0.25, 0.3) is 0 Å². The van der Waals surface area contributed by atoms with E-state index in [1.165, 1.54) is 37.8 Å². The topological polar surface area (TPSA) is 111 Å². The molecule has 1 aromatic rings. The number of nitrogens with one attached hydrogen (secondary N) is 1. The van der Waals surface area contributed by atoms with Gasteiger partial charge in [-0.1, -0.05) is 50.0 Å². The number of nitrogens with zero attached hydrogens (tertiary/aromatic N) is 2. The maximum absolute atomic E-state index is 11.8. The van der Waals surface area contributed by atoms with Crippen molar-refractivity contribution in [2.24, 2.45) is 9.63 Å². The summed E-state index contributed by atoms with van der Waals surface area (Å²) >= 11 is 0. The molecule has 0 spiro atoms. The van der Waals surface area contributed by atoms with E-state index in [9.17, 15) is 17.8 Å². The van der Waals surface area contributed by atoms with Crippen LogP contribution < -0.4 is 34.9 Å². The fraction of sp³-hybridized carbons (Fsp3) is 0.562. The molecule has 0 aliphatic carbocycles. The van der Waals surface area contributed by atoms with E-state index in [4.69, 9.17) is 0 Å². The van der Waals surface area contributed by atoms with Gasteiger partial charge in [0, 0.05) is 12.1 Å². The van der Waals surface area contributed by atoms with Gasteiger partial charge in [-0.15, -0.1) is 5.11 Å². The largest absolute Gasteiger partial charge is 1.00 e. The van der Waals surface area contributed by atoms with Gasteiger partial charge < -0.3 is 9.87 Å². The molecule has 25 heavy (non-hydrogen) atoms. The number of rotatable bonds is 11. The molecule has 1 N–H and O–H groups in total. The first-order valence-corrected chi connectivity index (χ1v) is 9.56. The number of carbonyl (C=O) groups is 1. The Bertz CT molecular complexity index is 633. The average Bonchev–Trinajstić information content (AvgIpc) is 2.52. The van der Waals surface area contributed by atoms with Crippen LogP contribution in [0.1, 0.15) is 58.3 Å². The molecule has 0 aromatic heterocycles. The van der Waals surface area contributed by atoms with Crippen molar-refractivity contribution in [3.63, 3.8) is 0 Å². The first-order valence-electron chi connectivity index (χ1n) is 8.19. The molecule has 0 heterocycles. The zero-order valence-corrected chi connectivity index (χ0v) is 17.7. The van der Waals surface area contributed by atoms with Crippen LogP contribution in [-0.4, -0.2) is 18.9 Å². The van der Waals surface area contributed by atoms with Gasteiger partial charge in [0.15, 0.2) is 0 Å². The van der Waals surface area contributed by atoms with E-state index in [-0.39, 0.29) is 41.2 Å². The van der Waals surface area contributed by atoms with Gasteiger partial charge in [0.2, 0.25) is 16.2 Å². The Hall–Kier alpha value is -0.800. The molecule has 7 nitrogen and oxygen atoms in total. The van der Waals surface area contributed by atoms with Crippen LogP contribution in [-0.2, 0) is 15.1 Å². The van der Waals surface area contributed by atoms with Gasteiger partial charge in [-0.3, -0.25) is 4.79 Å². The van der Waals surface area contributed by atoms with Gasteiger partial charge in [0.05, 0.1) is 5.69 Å². The van der Waals surface area contributed by atoms with Crippen LogP contribution >= 0.6 is 0 Å². The molecule has 0 atom stereocenters. The monoisotopic (exact) mass is 377 g/mol. The molecule has 0 unspecified atom stereocenters. The fourth-order valence-electron chi connectivity index (χ4n) is 2.17.